The zero-order chi connectivity index (χ0) is 21.6. The fraction of sp³-hybridized carbons (Fsp3) is 0.364. The van der Waals surface area contributed by atoms with Crippen LogP contribution >= 0.6 is 0 Å². The van der Waals surface area contributed by atoms with Crippen molar-refractivity contribution in [3.05, 3.63) is 70.4 Å². The van der Waals surface area contributed by atoms with Gasteiger partial charge in [0.05, 0.1) is 31.6 Å². The van der Waals surface area contributed by atoms with Gasteiger partial charge in [0.2, 0.25) is 5.43 Å². The van der Waals surface area contributed by atoms with Crippen LogP contribution in [0.2, 0.25) is 0 Å². The molecule has 9 heteroatoms. The van der Waals surface area contributed by atoms with E-state index >= 15 is 0 Å². The van der Waals surface area contributed by atoms with Gasteiger partial charge < -0.3 is 9.47 Å². The number of ether oxygens (including phenoxy) is 2. The molecule has 3 aromatic rings. The highest BCUT2D eigenvalue weighted by Crippen LogP contribution is 2.19. The summed E-state index contributed by atoms with van der Waals surface area (Å²) < 4.78 is 14.0. The molecule has 0 aliphatic carbocycles. The Morgan fingerprint density at radius 1 is 1.35 bits per heavy atom. The topological polar surface area (TPSA) is 100 Å². The Labute approximate surface area is 179 Å². The average molecular weight is 423 g/mol. The van der Waals surface area contributed by atoms with Crippen LogP contribution in [-0.4, -0.2) is 45.5 Å². The highest BCUT2D eigenvalue weighted by molar-refractivity contribution is 5.84. The van der Waals surface area contributed by atoms with E-state index in [9.17, 15) is 9.59 Å². The number of hydrogen-bond acceptors (Lipinski definition) is 6. The first-order valence-electron chi connectivity index (χ1n) is 10.4. The van der Waals surface area contributed by atoms with E-state index in [4.69, 9.17) is 9.47 Å². The molecule has 1 amide bonds. The Morgan fingerprint density at radius 2 is 2.26 bits per heavy atom. The number of anilines is 1. The summed E-state index contributed by atoms with van der Waals surface area (Å²) in [6, 6.07) is 9.02. The molecule has 1 fully saturated rings. The molecule has 1 aromatic carbocycles. The van der Waals surface area contributed by atoms with Crippen LogP contribution in [-0.2, 0) is 15.9 Å². The van der Waals surface area contributed by atoms with Crippen LogP contribution in [0.5, 0.6) is 0 Å². The average Bonchev–Trinajstić information content (AvgIpc) is 3.46. The monoisotopic (exact) mass is 423 g/mol. The third-order valence-electron chi connectivity index (χ3n) is 4.99. The molecule has 1 N–H and O–H groups in total. The summed E-state index contributed by atoms with van der Waals surface area (Å²) in [6.45, 7) is 3.69. The summed E-state index contributed by atoms with van der Waals surface area (Å²) in [5, 5.41) is 11.6. The van der Waals surface area contributed by atoms with Crippen molar-refractivity contribution in [2.45, 2.75) is 32.2 Å². The first kappa shape index (κ1) is 20.8. The standard InChI is InChI=1S/C22H25N5O4/c1-2-9-31-22(29)24-17-5-3-4-16(11-17)12-20-21(28)6-8-26(25-20)19-13-23-27(14-19)18-7-10-30-15-18/h3-6,8,11,13-14,18H,2,7,9-10,12,15H2,1H3,(H,24,29). The van der Waals surface area contributed by atoms with Crippen LogP contribution in [0.25, 0.3) is 5.69 Å². The van der Waals surface area contributed by atoms with Crippen molar-refractivity contribution in [2.24, 2.45) is 0 Å². The number of carbonyl (C=O) groups is 1. The van der Waals surface area contributed by atoms with E-state index in [-0.39, 0.29) is 11.5 Å². The summed E-state index contributed by atoms with van der Waals surface area (Å²) in [5.41, 5.74) is 2.50. The molecule has 31 heavy (non-hydrogen) atoms. The number of nitrogens with one attached hydrogen (secondary N) is 1. The Kier molecular flexibility index (Phi) is 6.42. The van der Waals surface area contributed by atoms with Crippen molar-refractivity contribution in [1.82, 2.24) is 19.6 Å². The minimum absolute atomic E-state index is 0.145. The molecule has 2 aromatic heterocycles. The first-order valence-corrected chi connectivity index (χ1v) is 10.4. The molecule has 1 aliphatic heterocycles. The normalized spacial score (nSPS) is 15.7. The smallest absolute Gasteiger partial charge is 0.411 e. The molecule has 3 heterocycles. The lowest BCUT2D eigenvalue weighted by Gasteiger charge is -2.09. The highest BCUT2D eigenvalue weighted by atomic mass is 16.5. The van der Waals surface area contributed by atoms with Crippen molar-refractivity contribution in [3.63, 3.8) is 0 Å². The molecule has 1 unspecified atom stereocenters. The molecular weight excluding hydrogens is 398 g/mol. The lowest BCUT2D eigenvalue weighted by molar-refractivity contribution is 0.161. The van der Waals surface area contributed by atoms with Crippen molar-refractivity contribution in [1.29, 1.82) is 0 Å². The highest BCUT2D eigenvalue weighted by Gasteiger charge is 2.18. The third kappa shape index (κ3) is 5.18. The van der Waals surface area contributed by atoms with Crippen molar-refractivity contribution < 1.29 is 14.3 Å². The molecule has 1 atom stereocenters. The van der Waals surface area contributed by atoms with Crippen LogP contribution in [0.1, 0.15) is 37.1 Å². The van der Waals surface area contributed by atoms with Gasteiger partial charge in [-0.3, -0.25) is 14.8 Å². The van der Waals surface area contributed by atoms with Gasteiger partial charge in [-0.2, -0.15) is 10.2 Å². The predicted molar refractivity (Wildman–Crippen MR) is 115 cm³/mol. The molecule has 0 radical (unpaired) electrons. The maximum Gasteiger partial charge on any atom is 0.411 e. The second-order valence-electron chi connectivity index (χ2n) is 7.41. The molecule has 0 spiro atoms. The zero-order valence-electron chi connectivity index (χ0n) is 17.4. The minimum atomic E-state index is -0.496. The number of hydrogen-bond donors (Lipinski definition) is 1. The van der Waals surface area contributed by atoms with E-state index < -0.39 is 6.09 Å². The number of rotatable bonds is 7. The fourth-order valence-electron chi connectivity index (χ4n) is 3.39. The SMILES string of the molecule is CCCOC(=O)Nc1cccc(Cc2nn(-c3cnn(C4CCOC4)c3)ccc2=O)c1. The van der Waals surface area contributed by atoms with Crippen molar-refractivity contribution in [2.75, 3.05) is 25.1 Å². The maximum absolute atomic E-state index is 12.4. The van der Waals surface area contributed by atoms with E-state index in [1.807, 2.05) is 36.0 Å². The molecule has 162 valence electrons. The summed E-state index contributed by atoms with van der Waals surface area (Å²) >= 11 is 0. The number of nitrogens with zero attached hydrogens (tertiary/aromatic N) is 4. The number of aromatic nitrogens is 4. The summed E-state index contributed by atoms with van der Waals surface area (Å²) in [6.07, 6.45) is 6.81. The van der Waals surface area contributed by atoms with Crippen LogP contribution in [0, 0.1) is 0 Å². The van der Waals surface area contributed by atoms with E-state index in [1.165, 1.54) is 6.07 Å². The Bertz CT molecular complexity index is 1100. The van der Waals surface area contributed by atoms with Crippen LogP contribution in [0.15, 0.2) is 53.7 Å². The van der Waals surface area contributed by atoms with E-state index in [2.05, 4.69) is 15.5 Å². The van der Waals surface area contributed by atoms with Gasteiger partial charge in [-0.25, -0.2) is 9.48 Å². The first-order chi connectivity index (χ1) is 15.1. The number of benzene rings is 1. The molecular formula is C22H25N5O4. The van der Waals surface area contributed by atoms with Gasteiger partial charge in [0, 0.05) is 31.0 Å². The van der Waals surface area contributed by atoms with E-state index in [0.717, 1.165) is 30.7 Å². The van der Waals surface area contributed by atoms with Crippen molar-refractivity contribution >= 4 is 11.8 Å². The number of amides is 1. The quantitative estimate of drug-likeness (QED) is 0.627. The van der Waals surface area contributed by atoms with E-state index in [0.29, 0.717) is 31.0 Å². The van der Waals surface area contributed by atoms with Gasteiger partial charge in [-0.15, -0.1) is 0 Å². The summed E-state index contributed by atoms with van der Waals surface area (Å²) in [4.78, 5) is 24.2. The molecule has 1 saturated heterocycles. The minimum Gasteiger partial charge on any atom is -0.449 e. The predicted octanol–water partition coefficient (Wildman–Crippen LogP) is 2.94. The molecule has 9 nitrogen and oxygen atoms in total. The van der Waals surface area contributed by atoms with Gasteiger partial charge in [0.25, 0.3) is 0 Å². The van der Waals surface area contributed by atoms with Gasteiger partial charge in [-0.1, -0.05) is 19.1 Å². The molecule has 0 saturated carbocycles. The van der Waals surface area contributed by atoms with Gasteiger partial charge in [-0.05, 0) is 30.5 Å². The molecule has 0 bridgehead atoms. The Balaban J connectivity index is 1.50. The maximum atomic E-state index is 12.4. The summed E-state index contributed by atoms with van der Waals surface area (Å²) in [7, 11) is 0. The lowest BCUT2D eigenvalue weighted by atomic mass is 10.1. The summed E-state index contributed by atoms with van der Waals surface area (Å²) in [5.74, 6) is 0. The van der Waals surface area contributed by atoms with Gasteiger partial charge in [0.15, 0.2) is 0 Å². The molecule has 4 rings (SSSR count). The third-order valence-corrected chi connectivity index (χ3v) is 4.99. The second kappa shape index (κ2) is 9.57. The Morgan fingerprint density at radius 3 is 3.06 bits per heavy atom. The fourth-order valence-corrected chi connectivity index (χ4v) is 3.39. The van der Waals surface area contributed by atoms with Crippen molar-refractivity contribution in [3.8, 4) is 5.69 Å². The second-order valence-corrected chi connectivity index (χ2v) is 7.41. The lowest BCUT2D eigenvalue weighted by Crippen LogP contribution is -2.17. The molecule has 1 aliphatic rings. The van der Waals surface area contributed by atoms with E-state index in [1.54, 1.807) is 23.1 Å². The van der Waals surface area contributed by atoms with Crippen LogP contribution in [0.3, 0.4) is 0 Å². The number of carbonyl (C=O) groups excluding carboxylic acids is 1. The largest absolute Gasteiger partial charge is 0.449 e. The van der Waals surface area contributed by atoms with Crippen LogP contribution < -0.4 is 10.7 Å². The zero-order valence-corrected chi connectivity index (χ0v) is 17.4. The Hall–Kier alpha value is -3.46. The van der Waals surface area contributed by atoms with Gasteiger partial charge >= 0.3 is 6.09 Å². The van der Waals surface area contributed by atoms with Crippen LogP contribution in [0.4, 0.5) is 10.5 Å². The van der Waals surface area contributed by atoms with Gasteiger partial charge in [0.1, 0.15) is 11.4 Å².